The molecule has 2 amide bonds. The summed E-state index contributed by atoms with van der Waals surface area (Å²) in [4.78, 5) is 29.1. The molecule has 1 fully saturated rings. The van der Waals surface area contributed by atoms with Crippen molar-refractivity contribution < 1.29 is 14.0 Å². The van der Waals surface area contributed by atoms with Crippen molar-refractivity contribution in [3.63, 3.8) is 0 Å². The first-order chi connectivity index (χ1) is 13.1. The van der Waals surface area contributed by atoms with Crippen LogP contribution in [0.5, 0.6) is 0 Å². The number of benzene rings is 2. The molecule has 0 N–H and O–H groups in total. The van der Waals surface area contributed by atoms with E-state index in [4.69, 9.17) is 0 Å². The lowest BCUT2D eigenvalue weighted by atomic mass is 9.94. The van der Waals surface area contributed by atoms with Crippen molar-refractivity contribution in [3.05, 3.63) is 65.5 Å². The Kier molecular flexibility index (Phi) is 4.92. The summed E-state index contributed by atoms with van der Waals surface area (Å²) in [5.41, 5.74) is 2.95. The summed E-state index contributed by atoms with van der Waals surface area (Å²) in [5, 5.41) is 0. The van der Waals surface area contributed by atoms with Gasteiger partial charge in [-0.15, -0.1) is 0 Å². The first-order valence-corrected chi connectivity index (χ1v) is 9.53. The van der Waals surface area contributed by atoms with Gasteiger partial charge in [0, 0.05) is 31.2 Å². The third-order valence-corrected chi connectivity index (χ3v) is 5.59. The van der Waals surface area contributed by atoms with Crippen molar-refractivity contribution >= 4 is 17.5 Å². The van der Waals surface area contributed by atoms with Gasteiger partial charge in [0.2, 0.25) is 11.8 Å². The number of piperidine rings is 1. The molecule has 5 heteroatoms. The van der Waals surface area contributed by atoms with Crippen LogP contribution in [0.4, 0.5) is 10.1 Å². The lowest BCUT2D eigenvalue weighted by Gasteiger charge is -2.33. The minimum atomic E-state index is -0.324. The van der Waals surface area contributed by atoms with Gasteiger partial charge < -0.3 is 9.80 Å². The summed E-state index contributed by atoms with van der Waals surface area (Å²) in [6.45, 7) is 1.91. The maximum atomic E-state index is 13.3. The quantitative estimate of drug-likeness (QED) is 0.837. The van der Waals surface area contributed by atoms with Gasteiger partial charge in [0.05, 0.1) is 6.42 Å². The van der Waals surface area contributed by atoms with Crippen LogP contribution in [0.1, 0.15) is 24.0 Å². The summed E-state index contributed by atoms with van der Waals surface area (Å²) in [5.74, 6) is -0.180. The number of rotatable bonds is 3. The molecule has 2 aromatic carbocycles. The van der Waals surface area contributed by atoms with Crippen molar-refractivity contribution in [2.24, 2.45) is 5.92 Å². The number of carbonyl (C=O) groups is 2. The van der Waals surface area contributed by atoms with Crippen molar-refractivity contribution in [1.82, 2.24) is 4.90 Å². The first kappa shape index (κ1) is 17.7. The molecule has 0 spiro atoms. The first-order valence-electron chi connectivity index (χ1n) is 9.53. The second-order valence-electron chi connectivity index (χ2n) is 7.33. The van der Waals surface area contributed by atoms with E-state index in [-0.39, 0.29) is 30.0 Å². The van der Waals surface area contributed by atoms with Gasteiger partial charge in [-0.2, -0.15) is 0 Å². The molecular weight excluding hydrogens is 343 g/mol. The zero-order valence-electron chi connectivity index (χ0n) is 15.2. The molecule has 27 heavy (non-hydrogen) atoms. The molecule has 4 rings (SSSR count). The molecular formula is C22H23FN2O2. The standard InChI is InChI=1S/C22H23FN2O2/c23-19-6-3-4-16(14-19)15-21(26)24-11-8-18(9-12-24)22(27)25-13-10-17-5-1-2-7-20(17)25/h1-7,14,18H,8-13,15H2. The normalized spacial score (nSPS) is 17.1. The van der Waals surface area contributed by atoms with E-state index in [1.54, 1.807) is 17.0 Å². The molecule has 2 aliphatic heterocycles. The van der Waals surface area contributed by atoms with E-state index in [1.807, 2.05) is 23.1 Å². The lowest BCUT2D eigenvalue weighted by molar-refractivity contribution is -0.134. The van der Waals surface area contributed by atoms with E-state index < -0.39 is 0 Å². The van der Waals surface area contributed by atoms with Crippen LogP contribution < -0.4 is 4.90 Å². The third-order valence-electron chi connectivity index (χ3n) is 5.59. The number of fused-ring (bicyclic) bond motifs is 1. The van der Waals surface area contributed by atoms with Crippen molar-refractivity contribution in [1.29, 1.82) is 0 Å². The third kappa shape index (κ3) is 3.72. The highest BCUT2D eigenvalue weighted by Gasteiger charge is 2.33. The summed E-state index contributed by atoms with van der Waals surface area (Å²) < 4.78 is 13.3. The zero-order valence-corrected chi connectivity index (χ0v) is 15.2. The zero-order chi connectivity index (χ0) is 18.8. The number of likely N-dealkylation sites (tertiary alicyclic amines) is 1. The fraction of sp³-hybridized carbons (Fsp3) is 0.364. The lowest BCUT2D eigenvalue weighted by Crippen LogP contribution is -2.44. The Balaban J connectivity index is 1.34. The van der Waals surface area contributed by atoms with Crippen LogP contribution in [0.25, 0.3) is 0 Å². The molecule has 0 bridgehead atoms. The van der Waals surface area contributed by atoms with Crippen LogP contribution in [-0.4, -0.2) is 36.3 Å². The number of carbonyl (C=O) groups excluding carboxylic acids is 2. The fourth-order valence-electron chi connectivity index (χ4n) is 4.10. The summed E-state index contributed by atoms with van der Waals surface area (Å²) >= 11 is 0. The molecule has 2 aromatic rings. The minimum Gasteiger partial charge on any atom is -0.342 e. The van der Waals surface area contributed by atoms with Gasteiger partial charge in [0.15, 0.2) is 0 Å². The molecule has 0 unspecified atom stereocenters. The van der Waals surface area contributed by atoms with Crippen LogP contribution in [0.3, 0.4) is 0 Å². The van der Waals surface area contributed by atoms with E-state index in [0.29, 0.717) is 31.5 Å². The second-order valence-corrected chi connectivity index (χ2v) is 7.33. The number of halogens is 1. The highest BCUT2D eigenvalue weighted by molar-refractivity contribution is 5.97. The maximum Gasteiger partial charge on any atom is 0.230 e. The number of anilines is 1. The molecule has 140 valence electrons. The van der Waals surface area contributed by atoms with Crippen molar-refractivity contribution in [2.45, 2.75) is 25.7 Å². The summed E-state index contributed by atoms with van der Waals surface area (Å²) in [6, 6.07) is 14.2. The number of hydrogen-bond donors (Lipinski definition) is 0. The van der Waals surface area contributed by atoms with Gasteiger partial charge in [-0.3, -0.25) is 9.59 Å². The van der Waals surface area contributed by atoms with Crippen molar-refractivity contribution in [3.8, 4) is 0 Å². The molecule has 2 aliphatic rings. The molecule has 1 saturated heterocycles. The minimum absolute atomic E-state index is 0.00184. The topological polar surface area (TPSA) is 40.6 Å². The molecule has 0 aromatic heterocycles. The number of hydrogen-bond acceptors (Lipinski definition) is 2. The van der Waals surface area contributed by atoms with Gasteiger partial charge >= 0.3 is 0 Å². The predicted molar refractivity (Wildman–Crippen MR) is 102 cm³/mol. The molecule has 0 saturated carbocycles. The summed E-state index contributed by atoms with van der Waals surface area (Å²) in [6.07, 6.45) is 2.49. The van der Waals surface area contributed by atoms with E-state index >= 15 is 0 Å². The SMILES string of the molecule is O=C(Cc1cccc(F)c1)N1CCC(C(=O)N2CCc3ccccc32)CC1. The Hall–Kier alpha value is -2.69. The van der Waals surface area contributed by atoms with Crippen LogP contribution in [0.15, 0.2) is 48.5 Å². The Labute approximate surface area is 158 Å². The fourth-order valence-corrected chi connectivity index (χ4v) is 4.10. The van der Waals surface area contributed by atoms with Gasteiger partial charge in [-0.05, 0) is 48.6 Å². The Morgan fingerprint density at radius 1 is 1.00 bits per heavy atom. The van der Waals surface area contributed by atoms with Gasteiger partial charge in [-0.1, -0.05) is 30.3 Å². The van der Waals surface area contributed by atoms with E-state index in [9.17, 15) is 14.0 Å². The molecule has 0 radical (unpaired) electrons. The van der Waals surface area contributed by atoms with Gasteiger partial charge in [0.25, 0.3) is 0 Å². The molecule has 2 heterocycles. The second kappa shape index (κ2) is 7.51. The number of amides is 2. The Morgan fingerprint density at radius 2 is 1.78 bits per heavy atom. The van der Waals surface area contributed by atoms with E-state index in [2.05, 4.69) is 6.07 Å². The predicted octanol–water partition coefficient (Wildman–Crippen LogP) is 3.20. The van der Waals surface area contributed by atoms with Gasteiger partial charge in [-0.25, -0.2) is 4.39 Å². The molecule has 0 atom stereocenters. The molecule has 4 nitrogen and oxygen atoms in total. The van der Waals surface area contributed by atoms with Crippen LogP contribution >= 0.6 is 0 Å². The number of nitrogens with zero attached hydrogens (tertiary/aromatic N) is 2. The Morgan fingerprint density at radius 3 is 2.56 bits per heavy atom. The highest BCUT2D eigenvalue weighted by atomic mass is 19.1. The smallest absolute Gasteiger partial charge is 0.230 e. The van der Waals surface area contributed by atoms with E-state index in [1.165, 1.54) is 17.7 Å². The summed E-state index contributed by atoms with van der Waals surface area (Å²) in [7, 11) is 0. The number of para-hydroxylation sites is 1. The average Bonchev–Trinajstić information content (AvgIpc) is 3.12. The van der Waals surface area contributed by atoms with Gasteiger partial charge in [0.1, 0.15) is 5.82 Å². The van der Waals surface area contributed by atoms with E-state index in [0.717, 1.165) is 18.7 Å². The monoisotopic (exact) mass is 366 g/mol. The van der Waals surface area contributed by atoms with Crippen LogP contribution in [-0.2, 0) is 22.4 Å². The average molecular weight is 366 g/mol. The highest BCUT2D eigenvalue weighted by Crippen LogP contribution is 2.31. The maximum absolute atomic E-state index is 13.3. The largest absolute Gasteiger partial charge is 0.342 e. The molecule has 0 aliphatic carbocycles. The van der Waals surface area contributed by atoms with Crippen LogP contribution in [0.2, 0.25) is 0 Å². The van der Waals surface area contributed by atoms with Crippen molar-refractivity contribution in [2.75, 3.05) is 24.5 Å². The van der Waals surface area contributed by atoms with Crippen LogP contribution in [0, 0.1) is 11.7 Å². The Bertz CT molecular complexity index is 859.